The van der Waals surface area contributed by atoms with Crippen molar-refractivity contribution in [2.24, 2.45) is 0 Å². The third kappa shape index (κ3) is 13.9. The van der Waals surface area contributed by atoms with Crippen molar-refractivity contribution in [1.29, 1.82) is 0 Å². The minimum atomic E-state index is -0.751. The van der Waals surface area contributed by atoms with Gasteiger partial charge in [0.1, 0.15) is 11.6 Å². The second-order valence-corrected chi connectivity index (χ2v) is 9.03. The van der Waals surface area contributed by atoms with Crippen LogP contribution in [0.25, 0.3) is 0 Å². The first-order valence-corrected chi connectivity index (χ1v) is 12.1. The van der Waals surface area contributed by atoms with Gasteiger partial charge in [0, 0.05) is 31.7 Å². The van der Waals surface area contributed by atoms with Gasteiger partial charge in [-0.2, -0.15) is 0 Å². The molecular weight excluding hydrogens is 454 g/mol. The van der Waals surface area contributed by atoms with E-state index >= 15 is 0 Å². The second-order valence-electron chi connectivity index (χ2n) is 9.03. The van der Waals surface area contributed by atoms with E-state index in [-0.39, 0.29) is 5.91 Å². The molecule has 0 saturated carbocycles. The van der Waals surface area contributed by atoms with Crippen molar-refractivity contribution >= 4 is 17.7 Å². The number of hydrogen-bond donors (Lipinski definition) is 2. The Morgan fingerprint density at radius 2 is 1.57 bits per heavy atom. The molecule has 0 aromatic heterocycles. The Balaban J connectivity index is 2.89. The van der Waals surface area contributed by atoms with E-state index in [1.54, 1.807) is 20.8 Å². The Bertz CT molecular complexity index is 713. The standard InChI is InChI=1S/C25H43N3O7/c1-7-8-9-14-26-23(29)22(27-24(30)35-25(2,3)4)19-20-10-12-21(13-11-20)28(15-17-33-31-5)16-18-34-32-6/h10-13,22H,7-9,14-19H2,1-6H3,(H,26,29)(H,27,30). The van der Waals surface area contributed by atoms with Gasteiger partial charge in [0.2, 0.25) is 5.91 Å². The van der Waals surface area contributed by atoms with Gasteiger partial charge < -0.3 is 20.3 Å². The van der Waals surface area contributed by atoms with Crippen molar-refractivity contribution in [1.82, 2.24) is 10.6 Å². The van der Waals surface area contributed by atoms with Crippen LogP contribution in [-0.2, 0) is 35.5 Å². The summed E-state index contributed by atoms with van der Waals surface area (Å²) in [6.07, 6.45) is 2.70. The molecular formula is C25H43N3O7. The number of unbranched alkanes of at least 4 members (excludes halogenated alkanes) is 2. The lowest BCUT2D eigenvalue weighted by Gasteiger charge is -2.25. The molecule has 0 fully saturated rings. The second kappa shape index (κ2) is 17.1. The molecule has 0 saturated heterocycles. The number of nitrogens with zero attached hydrogens (tertiary/aromatic N) is 1. The summed E-state index contributed by atoms with van der Waals surface area (Å²) in [6, 6.07) is 7.03. The van der Waals surface area contributed by atoms with Crippen LogP contribution >= 0.6 is 0 Å². The minimum absolute atomic E-state index is 0.230. The van der Waals surface area contributed by atoms with Crippen molar-refractivity contribution < 1.29 is 33.9 Å². The Hall–Kier alpha value is -2.40. The van der Waals surface area contributed by atoms with Crippen molar-refractivity contribution in [3.05, 3.63) is 29.8 Å². The Labute approximate surface area is 209 Å². The molecule has 0 radical (unpaired) electrons. The van der Waals surface area contributed by atoms with E-state index in [9.17, 15) is 9.59 Å². The third-order valence-corrected chi connectivity index (χ3v) is 4.95. The summed E-state index contributed by atoms with van der Waals surface area (Å²) in [7, 11) is 2.93. The van der Waals surface area contributed by atoms with E-state index in [0.717, 1.165) is 30.5 Å². The highest BCUT2D eigenvalue weighted by atomic mass is 17.2. The van der Waals surface area contributed by atoms with Gasteiger partial charge in [-0.15, -0.1) is 0 Å². The fourth-order valence-electron chi connectivity index (χ4n) is 3.28. The van der Waals surface area contributed by atoms with Crippen LogP contribution in [0.15, 0.2) is 24.3 Å². The van der Waals surface area contributed by atoms with E-state index in [1.165, 1.54) is 14.2 Å². The van der Waals surface area contributed by atoms with Crippen LogP contribution < -0.4 is 15.5 Å². The molecule has 2 N–H and O–H groups in total. The zero-order valence-corrected chi connectivity index (χ0v) is 22.1. The van der Waals surface area contributed by atoms with E-state index < -0.39 is 17.7 Å². The van der Waals surface area contributed by atoms with Crippen molar-refractivity contribution in [2.75, 3.05) is 52.0 Å². The summed E-state index contributed by atoms with van der Waals surface area (Å²) in [5, 5.41) is 5.65. The molecule has 2 amide bonds. The number of nitrogens with one attached hydrogen (secondary N) is 2. The molecule has 0 aliphatic rings. The number of amides is 2. The van der Waals surface area contributed by atoms with Gasteiger partial charge in [0.15, 0.2) is 0 Å². The van der Waals surface area contributed by atoms with Crippen LogP contribution in [-0.4, -0.2) is 70.7 Å². The summed E-state index contributed by atoms with van der Waals surface area (Å²) >= 11 is 0. The normalized spacial score (nSPS) is 12.2. The van der Waals surface area contributed by atoms with Gasteiger partial charge in [0.25, 0.3) is 0 Å². The predicted octanol–water partition coefficient (Wildman–Crippen LogP) is 3.39. The fourth-order valence-corrected chi connectivity index (χ4v) is 3.28. The third-order valence-electron chi connectivity index (χ3n) is 4.95. The maximum atomic E-state index is 12.8. The van der Waals surface area contributed by atoms with Gasteiger partial charge in [-0.05, 0) is 44.9 Å². The summed E-state index contributed by atoms with van der Waals surface area (Å²) in [5.41, 5.74) is 1.20. The van der Waals surface area contributed by atoms with Crippen LogP contribution in [0.5, 0.6) is 0 Å². The van der Waals surface area contributed by atoms with Crippen molar-refractivity contribution in [3.63, 3.8) is 0 Å². The molecule has 35 heavy (non-hydrogen) atoms. The number of carbonyl (C=O) groups excluding carboxylic acids is 2. The zero-order valence-electron chi connectivity index (χ0n) is 22.1. The zero-order chi connectivity index (χ0) is 26.1. The molecule has 0 bridgehead atoms. The average molecular weight is 498 g/mol. The quantitative estimate of drug-likeness (QED) is 0.192. The van der Waals surface area contributed by atoms with Crippen LogP contribution in [0.1, 0.15) is 52.5 Å². The molecule has 1 rings (SSSR count). The lowest BCUT2D eigenvalue weighted by atomic mass is 10.0. The number of ether oxygens (including phenoxy) is 1. The highest BCUT2D eigenvalue weighted by Gasteiger charge is 2.24. The maximum absolute atomic E-state index is 12.8. The molecule has 1 unspecified atom stereocenters. The summed E-state index contributed by atoms with van der Waals surface area (Å²) in [4.78, 5) is 46.6. The summed E-state index contributed by atoms with van der Waals surface area (Å²) in [6.45, 7) is 9.96. The number of anilines is 1. The molecule has 10 nitrogen and oxygen atoms in total. The largest absolute Gasteiger partial charge is 0.444 e. The number of benzene rings is 1. The lowest BCUT2D eigenvalue weighted by molar-refractivity contribution is -0.273. The van der Waals surface area contributed by atoms with Gasteiger partial charge in [-0.3, -0.25) is 4.79 Å². The van der Waals surface area contributed by atoms with Gasteiger partial charge in [-0.25, -0.2) is 24.3 Å². The van der Waals surface area contributed by atoms with Crippen LogP contribution in [0.4, 0.5) is 10.5 Å². The van der Waals surface area contributed by atoms with Gasteiger partial charge in [-0.1, -0.05) is 31.9 Å². The Kier molecular flexibility index (Phi) is 15.0. The molecule has 0 heterocycles. The first-order valence-electron chi connectivity index (χ1n) is 12.1. The van der Waals surface area contributed by atoms with E-state index in [4.69, 9.17) is 14.5 Å². The highest BCUT2D eigenvalue weighted by molar-refractivity contribution is 5.86. The molecule has 1 aromatic rings. The summed E-state index contributed by atoms with van der Waals surface area (Å²) < 4.78 is 5.36. The maximum Gasteiger partial charge on any atom is 0.408 e. The number of carbonyl (C=O) groups is 2. The first kappa shape index (κ1) is 30.6. The molecule has 1 aromatic carbocycles. The topological polar surface area (TPSA) is 108 Å². The predicted molar refractivity (Wildman–Crippen MR) is 134 cm³/mol. The molecule has 1 atom stereocenters. The molecule has 0 aliphatic carbocycles. The van der Waals surface area contributed by atoms with E-state index in [1.807, 2.05) is 24.3 Å². The van der Waals surface area contributed by atoms with Gasteiger partial charge in [0.05, 0.1) is 27.4 Å². The molecule has 0 aliphatic heterocycles. The van der Waals surface area contributed by atoms with Crippen LogP contribution in [0.2, 0.25) is 0 Å². The lowest BCUT2D eigenvalue weighted by Crippen LogP contribution is -2.49. The van der Waals surface area contributed by atoms with Gasteiger partial charge >= 0.3 is 6.09 Å². The molecule has 10 heteroatoms. The highest BCUT2D eigenvalue weighted by Crippen LogP contribution is 2.17. The number of hydrogen-bond acceptors (Lipinski definition) is 8. The van der Waals surface area contributed by atoms with Crippen LogP contribution in [0, 0.1) is 0 Å². The fraction of sp³-hybridized carbons (Fsp3) is 0.680. The van der Waals surface area contributed by atoms with Crippen molar-refractivity contribution in [2.45, 2.75) is 65.0 Å². The SMILES string of the molecule is CCCCCNC(=O)C(Cc1ccc(N(CCOOC)CCOOC)cc1)NC(=O)OC(C)(C)C. The van der Waals surface area contributed by atoms with E-state index in [0.29, 0.717) is 39.3 Å². The Morgan fingerprint density at radius 1 is 0.971 bits per heavy atom. The first-order chi connectivity index (χ1) is 16.7. The summed E-state index contributed by atoms with van der Waals surface area (Å²) in [5.74, 6) is -0.230. The monoisotopic (exact) mass is 497 g/mol. The minimum Gasteiger partial charge on any atom is -0.444 e. The molecule has 0 spiro atoms. The number of rotatable bonds is 17. The van der Waals surface area contributed by atoms with E-state index in [2.05, 4.69) is 32.2 Å². The average Bonchev–Trinajstić information content (AvgIpc) is 2.80. The smallest absolute Gasteiger partial charge is 0.408 e. The van der Waals surface area contributed by atoms with Crippen LogP contribution in [0.3, 0.4) is 0 Å². The Morgan fingerprint density at radius 3 is 2.09 bits per heavy atom. The molecule has 200 valence electrons. The number of alkyl carbamates (subject to hydrolysis) is 1. The van der Waals surface area contributed by atoms with Crippen molar-refractivity contribution in [3.8, 4) is 0 Å².